The quantitative estimate of drug-likeness (QED) is 0.756. The van der Waals surface area contributed by atoms with Crippen molar-refractivity contribution in [2.45, 2.75) is 32.8 Å². The van der Waals surface area contributed by atoms with Crippen molar-refractivity contribution < 1.29 is 9.63 Å². The van der Waals surface area contributed by atoms with Crippen LogP contribution in [0.3, 0.4) is 0 Å². The average Bonchev–Trinajstić information content (AvgIpc) is 2.99. The molecule has 2 aromatic carbocycles. The van der Waals surface area contributed by atoms with Crippen LogP contribution in [0.15, 0.2) is 59.1 Å². The lowest BCUT2D eigenvalue weighted by Gasteiger charge is -2.18. The Morgan fingerprint density at radius 2 is 1.57 bits per heavy atom. The fourth-order valence-corrected chi connectivity index (χ4v) is 2.63. The van der Waals surface area contributed by atoms with Crippen molar-refractivity contribution in [1.82, 2.24) is 5.16 Å². The topological polar surface area (TPSA) is 46.3 Å². The summed E-state index contributed by atoms with van der Waals surface area (Å²) in [5.74, 6) is 0.631. The van der Waals surface area contributed by atoms with Gasteiger partial charge >= 0.3 is 0 Å². The summed E-state index contributed by atoms with van der Waals surface area (Å²) in [6.45, 7) is 6.44. The van der Waals surface area contributed by atoms with Crippen LogP contribution in [0.1, 0.15) is 31.9 Å². The third kappa shape index (κ3) is 3.06. The number of aliphatic hydroxyl groups excluding tert-OH is 1. The molecule has 23 heavy (non-hydrogen) atoms. The molecule has 0 spiro atoms. The van der Waals surface area contributed by atoms with E-state index in [0.717, 1.165) is 16.7 Å². The van der Waals surface area contributed by atoms with E-state index in [1.807, 2.05) is 42.5 Å². The summed E-state index contributed by atoms with van der Waals surface area (Å²) in [4.78, 5) is 0. The number of nitrogens with zero attached hydrogens (tertiary/aromatic N) is 1. The maximum absolute atomic E-state index is 9.79. The van der Waals surface area contributed by atoms with E-state index in [1.165, 1.54) is 5.56 Å². The van der Waals surface area contributed by atoms with Crippen LogP contribution in [-0.2, 0) is 12.0 Å². The van der Waals surface area contributed by atoms with E-state index in [-0.39, 0.29) is 12.0 Å². The van der Waals surface area contributed by atoms with E-state index in [1.54, 1.807) is 0 Å². The van der Waals surface area contributed by atoms with E-state index in [2.05, 4.69) is 38.1 Å². The number of hydrogen-bond acceptors (Lipinski definition) is 3. The Balaban J connectivity index is 2.03. The molecule has 0 aliphatic rings. The molecule has 0 atom stereocenters. The van der Waals surface area contributed by atoms with Crippen molar-refractivity contribution in [3.8, 4) is 22.6 Å². The highest BCUT2D eigenvalue weighted by Crippen LogP contribution is 2.33. The van der Waals surface area contributed by atoms with Crippen LogP contribution in [0.4, 0.5) is 0 Å². The zero-order valence-corrected chi connectivity index (χ0v) is 13.7. The van der Waals surface area contributed by atoms with Gasteiger partial charge in [-0.25, -0.2) is 0 Å². The van der Waals surface area contributed by atoms with Crippen LogP contribution in [0.5, 0.6) is 0 Å². The SMILES string of the molecule is CC(C)(C)c1ccc(-c2onc(-c3ccccc3)c2CO)cc1. The maximum Gasteiger partial charge on any atom is 0.173 e. The summed E-state index contributed by atoms with van der Waals surface area (Å²) in [7, 11) is 0. The highest BCUT2D eigenvalue weighted by atomic mass is 16.5. The van der Waals surface area contributed by atoms with Gasteiger partial charge in [0.15, 0.2) is 5.76 Å². The van der Waals surface area contributed by atoms with Crippen molar-refractivity contribution in [2.75, 3.05) is 0 Å². The van der Waals surface area contributed by atoms with Gasteiger partial charge < -0.3 is 9.63 Å². The second-order valence-corrected chi connectivity index (χ2v) is 6.69. The summed E-state index contributed by atoms with van der Waals surface area (Å²) < 4.78 is 5.54. The van der Waals surface area contributed by atoms with Gasteiger partial charge in [-0.15, -0.1) is 0 Å². The Kier molecular flexibility index (Phi) is 4.05. The zero-order chi connectivity index (χ0) is 16.4. The average molecular weight is 307 g/mol. The van der Waals surface area contributed by atoms with E-state index < -0.39 is 0 Å². The van der Waals surface area contributed by atoms with Crippen molar-refractivity contribution >= 4 is 0 Å². The van der Waals surface area contributed by atoms with Crippen molar-refractivity contribution in [3.63, 3.8) is 0 Å². The van der Waals surface area contributed by atoms with E-state index in [4.69, 9.17) is 4.52 Å². The van der Waals surface area contributed by atoms with Crippen LogP contribution in [0, 0.1) is 0 Å². The molecule has 3 nitrogen and oxygen atoms in total. The molecule has 0 saturated carbocycles. The van der Waals surface area contributed by atoms with Crippen LogP contribution in [0.25, 0.3) is 22.6 Å². The Hall–Kier alpha value is -2.39. The number of aromatic nitrogens is 1. The molecule has 0 fully saturated rings. The van der Waals surface area contributed by atoms with Crippen molar-refractivity contribution in [2.24, 2.45) is 0 Å². The minimum atomic E-state index is -0.107. The fraction of sp³-hybridized carbons (Fsp3) is 0.250. The van der Waals surface area contributed by atoms with Gasteiger partial charge in [0.2, 0.25) is 0 Å². The summed E-state index contributed by atoms with van der Waals surface area (Å²) in [5, 5.41) is 14.0. The minimum Gasteiger partial charge on any atom is -0.391 e. The normalized spacial score (nSPS) is 11.7. The van der Waals surface area contributed by atoms with Gasteiger partial charge in [0.25, 0.3) is 0 Å². The monoisotopic (exact) mass is 307 g/mol. The van der Waals surface area contributed by atoms with Gasteiger partial charge in [0, 0.05) is 11.1 Å². The Labute approximate surface area is 136 Å². The molecule has 0 bridgehead atoms. The summed E-state index contributed by atoms with van der Waals surface area (Å²) in [6.07, 6.45) is 0. The van der Waals surface area contributed by atoms with Crippen molar-refractivity contribution in [1.29, 1.82) is 0 Å². The van der Waals surface area contributed by atoms with Gasteiger partial charge in [0.05, 0.1) is 12.2 Å². The van der Waals surface area contributed by atoms with Crippen LogP contribution >= 0.6 is 0 Å². The number of aliphatic hydroxyl groups is 1. The molecule has 0 radical (unpaired) electrons. The van der Waals surface area contributed by atoms with Crippen LogP contribution in [-0.4, -0.2) is 10.3 Å². The highest BCUT2D eigenvalue weighted by Gasteiger charge is 2.19. The van der Waals surface area contributed by atoms with Gasteiger partial charge in [-0.1, -0.05) is 80.5 Å². The predicted molar refractivity (Wildman–Crippen MR) is 92.0 cm³/mol. The molecule has 3 heteroatoms. The molecule has 1 heterocycles. The molecule has 0 saturated heterocycles. The number of hydrogen-bond donors (Lipinski definition) is 1. The summed E-state index contributed by atoms with van der Waals surface area (Å²) in [6, 6.07) is 18.0. The van der Waals surface area contributed by atoms with Crippen LogP contribution < -0.4 is 0 Å². The minimum absolute atomic E-state index is 0.106. The molecule has 118 valence electrons. The molecular weight excluding hydrogens is 286 g/mol. The van der Waals surface area contributed by atoms with Crippen molar-refractivity contribution in [3.05, 3.63) is 65.7 Å². The van der Waals surface area contributed by atoms with Gasteiger partial charge in [-0.05, 0) is 11.0 Å². The first-order chi connectivity index (χ1) is 11.0. The number of benzene rings is 2. The van der Waals surface area contributed by atoms with Gasteiger partial charge in [0.1, 0.15) is 5.69 Å². The fourth-order valence-electron chi connectivity index (χ4n) is 2.63. The summed E-state index contributed by atoms with van der Waals surface area (Å²) in [5.41, 5.74) is 4.65. The molecule has 0 aliphatic carbocycles. The molecule has 0 unspecified atom stereocenters. The van der Waals surface area contributed by atoms with E-state index in [0.29, 0.717) is 11.5 Å². The smallest absolute Gasteiger partial charge is 0.173 e. The zero-order valence-electron chi connectivity index (χ0n) is 13.7. The lowest BCUT2D eigenvalue weighted by atomic mass is 9.86. The van der Waals surface area contributed by atoms with E-state index in [9.17, 15) is 5.11 Å². The highest BCUT2D eigenvalue weighted by molar-refractivity contribution is 5.72. The molecule has 3 rings (SSSR count). The first-order valence-electron chi connectivity index (χ1n) is 7.76. The third-order valence-electron chi connectivity index (χ3n) is 4.01. The molecule has 3 aromatic rings. The maximum atomic E-state index is 9.79. The Morgan fingerprint density at radius 1 is 0.913 bits per heavy atom. The molecular formula is C20H21NO2. The van der Waals surface area contributed by atoms with Crippen LogP contribution in [0.2, 0.25) is 0 Å². The lowest BCUT2D eigenvalue weighted by Crippen LogP contribution is -2.10. The molecule has 1 aromatic heterocycles. The lowest BCUT2D eigenvalue weighted by molar-refractivity contribution is 0.281. The van der Waals surface area contributed by atoms with E-state index >= 15 is 0 Å². The predicted octanol–water partition coefficient (Wildman–Crippen LogP) is 4.80. The summed E-state index contributed by atoms with van der Waals surface area (Å²) >= 11 is 0. The van der Waals surface area contributed by atoms with Gasteiger partial charge in [-0.3, -0.25) is 0 Å². The standard InChI is InChI=1S/C20H21NO2/c1-20(2,3)16-11-9-15(10-12-16)19-17(13-22)18(21-23-19)14-7-5-4-6-8-14/h4-12,22H,13H2,1-3H3. The molecule has 0 aliphatic heterocycles. The molecule has 0 amide bonds. The second-order valence-electron chi connectivity index (χ2n) is 6.69. The number of rotatable bonds is 3. The second kappa shape index (κ2) is 6.01. The first-order valence-corrected chi connectivity index (χ1v) is 7.76. The van der Waals surface area contributed by atoms with Gasteiger partial charge in [-0.2, -0.15) is 0 Å². The molecule has 1 N–H and O–H groups in total. The Morgan fingerprint density at radius 3 is 2.13 bits per heavy atom. The Bertz CT molecular complexity index is 781. The third-order valence-corrected chi connectivity index (χ3v) is 4.01. The first kappa shape index (κ1) is 15.5. The largest absolute Gasteiger partial charge is 0.391 e.